The lowest BCUT2D eigenvalue weighted by molar-refractivity contribution is -0.117. The van der Waals surface area contributed by atoms with E-state index in [0.29, 0.717) is 6.54 Å². The number of rotatable bonds is 4. The minimum Gasteiger partial charge on any atom is -0.338 e. The van der Waals surface area contributed by atoms with Gasteiger partial charge in [0.1, 0.15) is 0 Å². The van der Waals surface area contributed by atoms with Gasteiger partial charge < -0.3 is 10.2 Å². The average Bonchev–Trinajstić information content (AvgIpc) is 2.56. The van der Waals surface area contributed by atoms with Crippen molar-refractivity contribution in [3.8, 4) is 0 Å². The highest BCUT2D eigenvalue weighted by Crippen LogP contribution is 2.13. The van der Waals surface area contributed by atoms with Crippen LogP contribution in [0.4, 0.5) is 11.6 Å². The number of amides is 1. The first kappa shape index (κ1) is 16.1. The number of carbonyl (C=O) groups is 1. The van der Waals surface area contributed by atoms with Crippen molar-refractivity contribution in [1.82, 2.24) is 14.9 Å². The molecule has 1 amide bonds. The van der Waals surface area contributed by atoms with E-state index in [1.54, 1.807) is 12.4 Å². The van der Waals surface area contributed by atoms with Crippen molar-refractivity contribution in [1.29, 1.82) is 0 Å². The maximum Gasteiger partial charge on any atom is 0.238 e. The Bertz CT molecular complexity index is 659. The summed E-state index contributed by atoms with van der Waals surface area (Å²) in [6, 6.07) is 9.62. The van der Waals surface area contributed by atoms with Gasteiger partial charge in [-0.1, -0.05) is 6.07 Å². The molecule has 1 fully saturated rings. The summed E-state index contributed by atoms with van der Waals surface area (Å²) in [5, 5.41) is 2.95. The summed E-state index contributed by atoms with van der Waals surface area (Å²) in [5.41, 5.74) is 0.846. The van der Waals surface area contributed by atoms with Crippen molar-refractivity contribution in [2.75, 3.05) is 42.9 Å². The Hall–Kier alpha value is -1.74. The summed E-state index contributed by atoms with van der Waals surface area (Å²) in [5.74, 6) is 0.784. The fourth-order valence-corrected chi connectivity index (χ4v) is 3.07. The second-order valence-corrected chi connectivity index (χ2v) is 6.62. The van der Waals surface area contributed by atoms with Gasteiger partial charge in [-0.3, -0.25) is 9.69 Å². The number of piperazine rings is 1. The van der Waals surface area contributed by atoms with E-state index in [1.807, 2.05) is 30.3 Å². The van der Waals surface area contributed by atoms with E-state index >= 15 is 0 Å². The van der Waals surface area contributed by atoms with Crippen molar-refractivity contribution in [3.05, 3.63) is 46.3 Å². The highest BCUT2D eigenvalue weighted by Gasteiger charge is 2.20. The summed E-state index contributed by atoms with van der Waals surface area (Å²) in [6.45, 7) is 3.74. The molecule has 1 N–H and O–H groups in total. The molecule has 7 heteroatoms. The molecular weight excluding hydrogens is 405 g/mol. The molecule has 0 radical (unpaired) electrons. The third-order valence-corrected chi connectivity index (χ3v) is 4.35. The number of aromatic nitrogens is 2. The van der Waals surface area contributed by atoms with Crippen LogP contribution >= 0.6 is 22.6 Å². The molecular formula is C16H18IN5O. The van der Waals surface area contributed by atoms with Crippen LogP contribution in [0, 0.1) is 3.57 Å². The van der Waals surface area contributed by atoms with Crippen molar-refractivity contribution >= 4 is 40.1 Å². The summed E-state index contributed by atoms with van der Waals surface area (Å²) in [4.78, 5) is 25.0. The highest BCUT2D eigenvalue weighted by atomic mass is 127. The zero-order valence-corrected chi connectivity index (χ0v) is 14.8. The molecule has 1 aliphatic heterocycles. The molecule has 1 aliphatic rings. The van der Waals surface area contributed by atoms with Gasteiger partial charge in [0.2, 0.25) is 11.9 Å². The smallest absolute Gasteiger partial charge is 0.238 e. The average molecular weight is 423 g/mol. The zero-order valence-electron chi connectivity index (χ0n) is 12.7. The van der Waals surface area contributed by atoms with Gasteiger partial charge in [-0.25, -0.2) is 9.97 Å². The molecule has 2 aromatic rings. The van der Waals surface area contributed by atoms with Gasteiger partial charge in [-0.2, -0.15) is 0 Å². The molecule has 1 aromatic carbocycles. The molecule has 3 rings (SSSR count). The number of nitrogens with zero attached hydrogens (tertiary/aromatic N) is 4. The largest absolute Gasteiger partial charge is 0.338 e. The fraction of sp³-hybridized carbons (Fsp3) is 0.312. The molecule has 0 spiro atoms. The second kappa shape index (κ2) is 7.69. The standard InChI is InChI=1S/C16H18IN5O/c17-13-3-1-4-14(11-13)20-15(23)12-21-7-9-22(10-8-21)16-18-5-2-6-19-16/h1-6,11H,7-10,12H2,(H,20,23). The maximum absolute atomic E-state index is 12.1. The fourth-order valence-electron chi connectivity index (χ4n) is 2.53. The van der Waals surface area contributed by atoms with Crippen LogP contribution in [-0.2, 0) is 4.79 Å². The van der Waals surface area contributed by atoms with Gasteiger partial charge in [0.05, 0.1) is 6.54 Å². The number of benzene rings is 1. The molecule has 0 saturated carbocycles. The summed E-state index contributed by atoms with van der Waals surface area (Å²) >= 11 is 2.24. The van der Waals surface area contributed by atoms with Crippen LogP contribution in [-0.4, -0.2) is 53.5 Å². The first-order valence-corrected chi connectivity index (χ1v) is 8.58. The van der Waals surface area contributed by atoms with E-state index in [0.717, 1.165) is 41.4 Å². The zero-order chi connectivity index (χ0) is 16.1. The van der Waals surface area contributed by atoms with E-state index < -0.39 is 0 Å². The lowest BCUT2D eigenvalue weighted by atomic mass is 10.3. The quantitative estimate of drug-likeness (QED) is 0.761. The van der Waals surface area contributed by atoms with E-state index in [1.165, 1.54) is 0 Å². The number of carbonyl (C=O) groups excluding carboxylic acids is 1. The van der Waals surface area contributed by atoms with Crippen LogP contribution in [0.3, 0.4) is 0 Å². The van der Waals surface area contributed by atoms with Crippen LogP contribution < -0.4 is 10.2 Å². The van der Waals surface area contributed by atoms with E-state index in [-0.39, 0.29) is 5.91 Å². The molecule has 120 valence electrons. The number of hydrogen-bond donors (Lipinski definition) is 1. The van der Waals surface area contributed by atoms with E-state index in [9.17, 15) is 4.79 Å². The van der Waals surface area contributed by atoms with Crippen molar-refractivity contribution < 1.29 is 4.79 Å². The van der Waals surface area contributed by atoms with Gasteiger partial charge in [-0.15, -0.1) is 0 Å². The van der Waals surface area contributed by atoms with Crippen LogP contribution in [0.15, 0.2) is 42.7 Å². The van der Waals surface area contributed by atoms with Crippen LogP contribution in [0.5, 0.6) is 0 Å². The summed E-state index contributed by atoms with van der Waals surface area (Å²) in [7, 11) is 0. The Morgan fingerprint density at radius 3 is 2.57 bits per heavy atom. The van der Waals surface area contributed by atoms with Gasteiger partial charge in [0, 0.05) is 47.8 Å². The summed E-state index contributed by atoms with van der Waals surface area (Å²) < 4.78 is 1.11. The topological polar surface area (TPSA) is 61.4 Å². The van der Waals surface area contributed by atoms with E-state index in [4.69, 9.17) is 0 Å². The molecule has 23 heavy (non-hydrogen) atoms. The first-order valence-electron chi connectivity index (χ1n) is 7.50. The lowest BCUT2D eigenvalue weighted by Gasteiger charge is -2.34. The number of anilines is 2. The number of nitrogens with one attached hydrogen (secondary N) is 1. The number of hydrogen-bond acceptors (Lipinski definition) is 5. The Balaban J connectivity index is 1.48. The Morgan fingerprint density at radius 2 is 1.87 bits per heavy atom. The third kappa shape index (κ3) is 4.61. The first-order chi connectivity index (χ1) is 11.2. The molecule has 0 unspecified atom stereocenters. The van der Waals surface area contributed by atoms with Crippen molar-refractivity contribution in [3.63, 3.8) is 0 Å². The summed E-state index contributed by atoms with van der Waals surface area (Å²) in [6.07, 6.45) is 3.51. The molecule has 0 aliphatic carbocycles. The molecule has 0 bridgehead atoms. The Morgan fingerprint density at radius 1 is 1.13 bits per heavy atom. The minimum absolute atomic E-state index is 0.0245. The van der Waals surface area contributed by atoms with Gasteiger partial charge in [0.25, 0.3) is 0 Å². The normalized spacial score (nSPS) is 15.4. The molecule has 1 saturated heterocycles. The SMILES string of the molecule is O=C(CN1CCN(c2ncccn2)CC1)Nc1cccc(I)c1. The molecule has 6 nitrogen and oxygen atoms in total. The molecule has 2 heterocycles. The van der Waals surface area contributed by atoms with Gasteiger partial charge in [0.15, 0.2) is 0 Å². The van der Waals surface area contributed by atoms with Gasteiger partial charge >= 0.3 is 0 Å². The van der Waals surface area contributed by atoms with Crippen molar-refractivity contribution in [2.45, 2.75) is 0 Å². The maximum atomic E-state index is 12.1. The minimum atomic E-state index is 0.0245. The Kier molecular flexibility index (Phi) is 5.39. The van der Waals surface area contributed by atoms with Crippen LogP contribution in [0.2, 0.25) is 0 Å². The number of halogens is 1. The lowest BCUT2D eigenvalue weighted by Crippen LogP contribution is -2.49. The highest BCUT2D eigenvalue weighted by molar-refractivity contribution is 14.1. The Labute approximate surface area is 149 Å². The molecule has 1 aromatic heterocycles. The molecule has 0 atom stereocenters. The third-order valence-electron chi connectivity index (χ3n) is 3.68. The van der Waals surface area contributed by atoms with Crippen LogP contribution in [0.25, 0.3) is 0 Å². The van der Waals surface area contributed by atoms with Crippen molar-refractivity contribution in [2.24, 2.45) is 0 Å². The predicted octanol–water partition coefficient (Wildman–Crippen LogP) is 1.84. The predicted molar refractivity (Wildman–Crippen MR) is 98.5 cm³/mol. The van der Waals surface area contributed by atoms with Crippen LogP contribution in [0.1, 0.15) is 0 Å². The van der Waals surface area contributed by atoms with E-state index in [2.05, 4.69) is 47.7 Å². The van der Waals surface area contributed by atoms with Gasteiger partial charge in [-0.05, 0) is 46.9 Å². The monoisotopic (exact) mass is 423 g/mol. The second-order valence-electron chi connectivity index (χ2n) is 5.37.